The van der Waals surface area contributed by atoms with Crippen LogP contribution in [0.4, 0.5) is 9.59 Å². The van der Waals surface area contributed by atoms with E-state index in [-0.39, 0.29) is 63.1 Å². The number of carbonyl (C=O) groups excluding carboxylic acids is 5. The van der Waals surface area contributed by atoms with Crippen LogP contribution in [-0.2, 0) is 52.3 Å². The van der Waals surface area contributed by atoms with Gasteiger partial charge in [0.1, 0.15) is 13.2 Å². The lowest BCUT2D eigenvalue weighted by molar-refractivity contribution is -0.139. The fourth-order valence-corrected chi connectivity index (χ4v) is 7.20. The summed E-state index contributed by atoms with van der Waals surface area (Å²) in [5, 5.41) is 11.2. The highest BCUT2D eigenvalue weighted by molar-refractivity contribution is 5.89. The van der Waals surface area contributed by atoms with Gasteiger partial charge in [0.2, 0.25) is 11.8 Å². The van der Waals surface area contributed by atoms with Crippen LogP contribution in [0.25, 0.3) is 11.1 Å². The van der Waals surface area contributed by atoms with Crippen LogP contribution < -0.4 is 21.3 Å². The molecule has 0 radical (unpaired) electrons. The van der Waals surface area contributed by atoms with Crippen LogP contribution in [0.2, 0.25) is 0 Å². The smallest absolute Gasteiger partial charge is 0.407 e. The minimum absolute atomic E-state index is 0.00707. The number of alkyl carbamates (subject to hydrolysis) is 2. The van der Waals surface area contributed by atoms with E-state index in [1.54, 1.807) is 13.0 Å². The van der Waals surface area contributed by atoms with Gasteiger partial charge in [0, 0.05) is 44.3 Å². The van der Waals surface area contributed by atoms with E-state index in [9.17, 15) is 24.0 Å². The zero-order chi connectivity index (χ0) is 45.2. The molecular formula is C46H64N4O13. The number of amides is 4. The number of esters is 1. The first kappa shape index (κ1) is 50.3. The summed E-state index contributed by atoms with van der Waals surface area (Å²) in [7, 11) is 0. The standard InChI is InChI=1S/C46H64N4O13/c1-5-20-61-46(55)50-40-29-33(44(53)60-7-3)30-41(43(40)49-32(4)51)63-34(6-2)16-18-47-42(52)17-21-56-23-25-58-27-28-59-26-24-57-22-19-48-45(54)62-31-39-37-14-10-8-12-35(37)36-13-9-11-15-38(36)39/h5,8-15,30,34,39-41,43H,1,6-7,16-29,31H2,2-4H3,(H,47,52)(H,48,54)(H,49,51)(H,50,55)/t34?,40-,41+,43?/m0/s1. The Bertz CT molecular complexity index is 1760. The summed E-state index contributed by atoms with van der Waals surface area (Å²) in [5.74, 6) is -1.06. The first-order valence-corrected chi connectivity index (χ1v) is 21.7. The third-order valence-electron chi connectivity index (χ3n) is 10.2. The van der Waals surface area contributed by atoms with E-state index < -0.39 is 36.3 Å². The van der Waals surface area contributed by atoms with Crippen LogP contribution in [0.5, 0.6) is 0 Å². The molecule has 0 bridgehead atoms. The lowest BCUT2D eigenvalue weighted by Crippen LogP contribution is -2.59. The van der Waals surface area contributed by atoms with Crippen molar-refractivity contribution in [2.24, 2.45) is 0 Å². The van der Waals surface area contributed by atoms with Crippen LogP contribution in [-0.4, -0.2) is 140 Å². The van der Waals surface area contributed by atoms with Crippen molar-refractivity contribution in [3.05, 3.63) is 84.0 Å². The molecule has 2 aliphatic carbocycles. The summed E-state index contributed by atoms with van der Waals surface area (Å²) in [6.45, 7) is 12.3. The predicted molar refractivity (Wildman–Crippen MR) is 233 cm³/mol. The molecule has 17 heteroatoms. The number of carbonyl (C=O) groups is 5. The molecule has 63 heavy (non-hydrogen) atoms. The van der Waals surface area contributed by atoms with Gasteiger partial charge in [-0.05, 0) is 48.1 Å². The van der Waals surface area contributed by atoms with Gasteiger partial charge < -0.3 is 59.2 Å². The van der Waals surface area contributed by atoms with Crippen molar-refractivity contribution in [3.63, 3.8) is 0 Å². The molecule has 4 atom stereocenters. The van der Waals surface area contributed by atoms with E-state index in [2.05, 4.69) is 52.1 Å². The van der Waals surface area contributed by atoms with Crippen molar-refractivity contribution >= 4 is 30.0 Å². The summed E-state index contributed by atoms with van der Waals surface area (Å²) in [6.07, 6.45) is 1.99. The van der Waals surface area contributed by atoms with Gasteiger partial charge in [0.25, 0.3) is 0 Å². The first-order chi connectivity index (χ1) is 30.6. The van der Waals surface area contributed by atoms with Crippen LogP contribution in [0.3, 0.4) is 0 Å². The molecule has 0 spiro atoms. The quantitative estimate of drug-likeness (QED) is 0.0389. The molecule has 4 amide bonds. The Labute approximate surface area is 369 Å². The second kappa shape index (κ2) is 28.4. The Hall–Kier alpha value is -5.33. The molecule has 4 rings (SSSR count). The topological polar surface area (TPSA) is 207 Å². The van der Waals surface area contributed by atoms with Gasteiger partial charge in [0.05, 0.1) is 83.8 Å². The molecule has 2 aromatic carbocycles. The normalized spacial score (nSPS) is 17.0. The Morgan fingerprint density at radius 3 is 1.97 bits per heavy atom. The minimum atomic E-state index is -0.783. The lowest BCUT2D eigenvalue weighted by atomic mass is 9.87. The van der Waals surface area contributed by atoms with Crippen molar-refractivity contribution in [3.8, 4) is 11.1 Å². The number of hydrogen-bond acceptors (Lipinski definition) is 13. The Morgan fingerprint density at radius 1 is 0.746 bits per heavy atom. The lowest BCUT2D eigenvalue weighted by Gasteiger charge is -2.38. The van der Waals surface area contributed by atoms with Crippen molar-refractivity contribution in [2.75, 3.05) is 85.8 Å². The maximum absolute atomic E-state index is 12.7. The fourth-order valence-electron chi connectivity index (χ4n) is 7.20. The summed E-state index contributed by atoms with van der Waals surface area (Å²) in [4.78, 5) is 62.2. The number of ether oxygens (including phenoxy) is 8. The Morgan fingerprint density at radius 2 is 1.37 bits per heavy atom. The predicted octanol–water partition coefficient (Wildman–Crippen LogP) is 4.33. The van der Waals surface area contributed by atoms with Crippen molar-refractivity contribution < 1.29 is 61.9 Å². The molecule has 0 fully saturated rings. The molecule has 346 valence electrons. The molecule has 0 saturated carbocycles. The number of rotatable bonds is 29. The van der Waals surface area contributed by atoms with Crippen molar-refractivity contribution in [2.45, 2.75) is 76.7 Å². The molecule has 0 saturated heterocycles. The largest absolute Gasteiger partial charge is 0.463 e. The maximum Gasteiger partial charge on any atom is 0.407 e. The molecule has 2 aromatic rings. The van der Waals surface area contributed by atoms with Gasteiger partial charge in [-0.15, -0.1) is 0 Å². The number of benzene rings is 2. The second-order valence-electron chi connectivity index (χ2n) is 14.7. The van der Waals surface area contributed by atoms with Crippen molar-refractivity contribution in [1.29, 1.82) is 0 Å². The Balaban J connectivity index is 0.998. The highest BCUT2D eigenvalue weighted by Crippen LogP contribution is 2.44. The highest BCUT2D eigenvalue weighted by atomic mass is 16.6. The molecule has 4 N–H and O–H groups in total. The van der Waals surface area contributed by atoms with E-state index in [0.717, 1.165) is 11.1 Å². The number of nitrogens with one attached hydrogen (secondary N) is 4. The van der Waals surface area contributed by atoms with Gasteiger partial charge in [-0.3, -0.25) is 9.59 Å². The van der Waals surface area contributed by atoms with Crippen LogP contribution in [0.15, 0.2) is 72.8 Å². The maximum atomic E-state index is 12.7. The van der Waals surface area contributed by atoms with E-state index in [4.69, 9.17) is 37.9 Å². The first-order valence-electron chi connectivity index (χ1n) is 21.7. The molecule has 2 unspecified atom stereocenters. The molecule has 17 nitrogen and oxygen atoms in total. The Kier molecular flexibility index (Phi) is 22.7. The molecule has 0 aliphatic heterocycles. The van der Waals surface area contributed by atoms with Gasteiger partial charge in [-0.25, -0.2) is 14.4 Å². The third-order valence-corrected chi connectivity index (χ3v) is 10.2. The van der Waals surface area contributed by atoms with E-state index >= 15 is 0 Å². The van der Waals surface area contributed by atoms with E-state index in [1.165, 1.54) is 24.1 Å². The third kappa shape index (κ3) is 17.4. The van der Waals surface area contributed by atoms with Gasteiger partial charge in [0.15, 0.2) is 0 Å². The van der Waals surface area contributed by atoms with Gasteiger partial charge in [-0.2, -0.15) is 0 Å². The van der Waals surface area contributed by atoms with E-state index in [0.29, 0.717) is 77.8 Å². The summed E-state index contributed by atoms with van der Waals surface area (Å²) in [6, 6.07) is 15.0. The number of hydrogen-bond donors (Lipinski definition) is 4. The van der Waals surface area contributed by atoms with Crippen molar-refractivity contribution in [1.82, 2.24) is 21.3 Å². The summed E-state index contributed by atoms with van der Waals surface area (Å²) < 4.78 is 44.3. The zero-order valence-corrected chi connectivity index (χ0v) is 36.7. The minimum Gasteiger partial charge on any atom is -0.463 e. The summed E-state index contributed by atoms with van der Waals surface area (Å²) in [5.41, 5.74) is 4.99. The van der Waals surface area contributed by atoms with Crippen LogP contribution >= 0.6 is 0 Å². The molecule has 0 aromatic heterocycles. The van der Waals surface area contributed by atoms with Crippen LogP contribution in [0, 0.1) is 0 Å². The zero-order valence-electron chi connectivity index (χ0n) is 36.7. The molecule has 0 heterocycles. The monoisotopic (exact) mass is 880 g/mol. The SMILES string of the molecule is C=CCOC(=O)N[C@H]1CC(C(=O)OCC)=C[C@@H](OC(CC)CCNC(=O)CCOCCOCCOCCOCCNC(=O)OCC2c3ccccc3-c3ccccc32)C1NC(C)=O. The fraction of sp³-hybridized carbons (Fsp3) is 0.543. The number of fused-ring (bicyclic) bond motifs is 3. The van der Waals surface area contributed by atoms with Crippen LogP contribution in [0.1, 0.15) is 63.5 Å². The highest BCUT2D eigenvalue weighted by Gasteiger charge is 2.39. The second-order valence-corrected chi connectivity index (χ2v) is 14.7. The average Bonchev–Trinajstić information content (AvgIpc) is 3.59. The van der Waals surface area contributed by atoms with Gasteiger partial charge >= 0.3 is 18.2 Å². The molecule has 2 aliphatic rings. The summed E-state index contributed by atoms with van der Waals surface area (Å²) >= 11 is 0. The molecular weight excluding hydrogens is 817 g/mol. The van der Waals surface area contributed by atoms with E-state index in [1.807, 2.05) is 31.2 Å². The average molecular weight is 881 g/mol. The van der Waals surface area contributed by atoms with Gasteiger partial charge in [-0.1, -0.05) is 68.1 Å².